The van der Waals surface area contributed by atoms with Crippen LogP contribution in [0.3, 0.4) is 0 Å². The third-order valence-corrected chi connectivity index (χ3v) is 1.99. The van der Waals surface area contributed by atoms with E-state index in [1.54, 1.807) is 12.4 Å². The van der Waals surface area contributed by atoms with Crippen LogP contribution in [-0.4, -0.2) is 26.1 Å². The lowest BCUT2D eigenvalue weighted by Gasteiger charge is -2.00. The quantitative estimate of drug-likeness (QED) is 0.720. The van der Waals surface area contributed by atoms with Crippen molar-refractivity contribution in [3.8, 4) is 0 Å². The first-order valence-electron chi connectivity index (χ1n) is 4.76. The van der Waals surface area contributed by atoms with Crippen LogP contribution in [0.1, 0.15) is 19.2 Å². The number of hydrogen-bond acceptors (Lipinski definition) is 4. The predicted octanol–water partition coefficient (Wildman–Crippen LogP) is 0.624. The molecular weight excluding hydrogens is 178 g/mol. The first kappa shape index (κ1) is 9.08. The Bertz CT molecular complexity index is 408. The maximum atomic E-state index is 4.08. The van der Waals surface area contributed by atoms with Gasteiger partial charge < -0.3 is 5.32 Å². The van der Waals surface area contributed by atoms with E-state index in [1.165, 1.54) is 0 Å². The van der Waals surface area contributed by atoms with E-state index in [0.29, 0.717) is 0 Å². The molecule has 0 saturated heterocycles. The summed E-state index contributed by atoms with van der Waals surface area (Å²) in [6, 6.07) is 0. The molecule has 0 bridgehead atoms. The second kappa shape index (κ2) is 4.15. The third-order valence-electron chi connectivity index (χ3n) is 1.99. The van der Waals surface area contributed by atoms with Gasteiger partial charge in [0.15, 0.2) is 11.5 Å². The van der Waals surface area contributed by atoms with Gasteiger partial charge in [0.25, 0.3) is 0 Å². The van der Waals surface area contributed by atoms with E-state index in [1.807, 2.05) is 10.6 Å². The van der Waals surface area contributed by atoms with E-state index in [2.05, 4.69) is 27.4 Å². The molecule has 5 nitrogen and oxygen atoms in total. The van der Waals surface area contributed by atoms with E-state index in [-0.39, 0.29) is 0 Å². The maximum Gasteiger partial charge on any atom is 0.179 e. The van der Waals surface area contributed by atoms with Crippen LogP contribution in [0, 0.1) is 0 Å². The fourth-order valence-corrected chi connectivity index (χ4v) is 1.30. The number of nitrogens with zero attached hydrogens (tertiary/aromatic N) is 4. The Morgan fingerprint density at radius 2 is 2.36 bits per heavy atom. The van der Waals surface area contributed by atoms with Gasteiger partial charge in [-0.25, -0.2) is 0 Å². The van der Waals surface area contributed by atoms with Crippen LogP contribution in [0.4, 0.5) is 0 Å². The summed E-state index contributed by atoms with van der Waals surface area (Å²) in [6.45, 7) is 3.89. The Balaban J connectivity index is 2.17. The highest BCUT2D eigenvalue weighted by molar-refractivity contribution is 5.33. The monoisotopic (exact) mass is 191 g/mol. The summed E-state index contributed by atoms with van der Waals surface area (Å²) >= 11 is 0. The molecule has 2 rings (SSSR count). The molecular formula is C9H13N5. The van der Waals surface area contributed by atoms with Gasteiger partial charge in [0, 0.05) is 12.4 Å². The Hall–Kier alpha value is -1.49. The molecule has 0 aliphatic heterocycles. The Morgan fingerprint density at radius 1 is 1.43 bits per heavy atom. The first-order valence-corrected chi connectivity index (χ1v) is 4.76. The lowest BCUT2D eigenvalue weighted by atomic mass is 10.4. The molecule has 2 aromatic heterocycles. The Morgan fingerprint density at radius 3 is 3.21 bits per heavy atom. The summed E-state index contributed by atoms with van der Waals surface area (Å²) in [4.78, 5) is 3.98. The molecule has 0 spiro atoms. The molecule has 5 heteroatoms. The lowest BCUT2D eigenvalue weighted by molar-refractivity contribution is 0.645. The predicted molar refractivity (Wildman–Crippen MR) is 52.8 cm³/mol. The molecule has 2 aromatic rings. The number of rotatable bonds is 4. The topological polar surface area (TPSA) is 55.1 Å². The molecule has 0 amide bonds. The van der Waals surface area contributed by atoms with Crippen LogP contribution < -0.4 is 5.32 Å². The van der Waals surface area contributed by atoms with Gasteiger partial charge in [0.05, 0.1) is 12.7 Å². The van der Waals surface area contributed by atoms with Crippen LogP contribution in [0.25, 0.3) is 5.65 Å². The molecule has 0 atom stereocenters. The SMILES string of the molecule is CCCNCc1nnc2cnccn12. The zero-order valence-electron chi connectivity index (χ0n) is 8.14. The largest absolute Gasteiger partial charge is 0.310 e. The van der Waals surface area contributed by atoms with Gasteiger partial charge in [0.2, 0.25) is 0 Å². The second-order valence-electron chi connectivity index (χ2n) is 3.10. The molecule has 2 heterocycles. The van der Waals surface area contributed by atoms with Crippen LogP contribution in [-0.2, 0) is 6.54 Å². The van der Waals surface area contributed by atoms with Crippen molar-refractivity contribution in [2.24, 2.45) is 0 Å². The van der Waals surface area contributed by atoms with Crippen molar-refractivity contribution in [3.63, 3.8) is 0 Å². The van der Waals surface area contributed by atoms with Crippen LogP contribution in [0.15, 0.2) is 18.6 Å². The van der Waals surface area contributed by atoms with Gasteiger partial charge in [-0.1, -0.05) is 6.92 Å². The minimum Gasteiger partial charge on any atom is -0.310 e. The number of hydrogen-bond donors (Lipinski definition) is 1. The molecule has 0 fully saturated rings. The average Bonchev–Trinajstić information content (AvgIpc) is 2.63. The summed E-state index contributed by atoms with van der Waals surface area (Å²) in [7, 11) is 0. The zero-order chi connectivity index (χ0) is 9.80. The maximum absolute atomic E-state index is 4.08. The molecule has 0 aliphatic rings. The minimum atomic E-state index is 0.749. The highest BCUT2D eigenvalue weighted by Crippen LogP contribution is 2.00. The smallest absolute Gasteiger partial charge is 0.179 e. The molecule has 0 radical (unpaired) electrons. The molecule has 14 heavy (non-hydrogen) atoms. The van der Waals surface area contributed by atoms with Crippen molar-refractivity contribution in [2.75, 3.05) is 6.54 Å². The van der Waals surface area contributed by atoms with Crippen molar-refractivity contribution in [3.05, 3.63) is 24.4 Å². The molecule has 1 N–H and O–H groups in total. The highest BCUT2D eigenvalue weighted by atomic mass is 15.3. The summed E-state index contributed by atoms with van der Waals surface area (Å²) < 4.78 is 1.94. The normalized spacial score (nSPS) is 10.9. The van der Waals surface area contributed by atoms with Gasteiger partial charge in [-0.3, -0.25) is 9.38 Å². The summed E-state index contributed by atoms with van der Waals surface area (Å²) in [5.41, 5.74) is 0.792. The second-order valence-corrected chi connectivity index (χ2v) is 3.10. The highest BCUT2D eigenvalue weighted by Gasteiger charge is 2.02. The average molecular weight is 191 g/mol. The summed E-state index contributed by atoms with van der Waals surface area (Å²) in [5, 5.41) is 11.4. The first-order chi connectivity index (χ1) is 6.92. The van der Waals surface area contributed by atoms with E-state index in [9.17, 15) is 0 Å². The van der Waals surface area contributed by atoms with Gasteiger partial charge >= 0.3 is 0 Å². The van der Waals surface area contributed by atoms with Gasteiger partial charge in [-0.2, -0.15) is 0 Å². The summed E-state index contributed by atoms with van der Waals surface area (Å²) in [6.07, 6.45) is 6.44. The van der Waals surface area contributed by atoms with Gasteiger partial charge in [-0.15, -0.1) is 10.2 Å². The Labute approximate surface area is 82.2 Å². The van der Waals surface area contributed by atoms with Crippen LogP contribution >= 0.6 is 0 Å². The molecule has 0 aliphatic carbocycles. The minimum absolute atomic E-state index is 0.749. The zero-order valence-corrected chi connectivity index (χ0v) is 8.14. The summed E-state index contributed by atoms with van der Waals surface area (Å²) in [5.74, 6) is 0.927. The fourth-order valence-electron chi connectivity index (χ4n) is 1.30. The molecule has 0 saturated carbocycles. The van der Waals surface area contributed by atoms with Crippen molar-refractivity contribution >= 4 is 5.65 Å². The van der Waals surface area contributed by atoms with Crippen molar-refractivity contribution in [1.29, 1.82) is 0 Å². The fraction of sp³-hybridized carbons (Fsp3) is 0.444. The number of fused-ring (bicyclic) bond motifs is 1. The van der Waals surface area contributed by atoms with Crippen LogP contribution in [0.5, 0.6) is 0 Å². The number of aromatic nitrogens is 4. The van der Waals surface area contributed by atoms with E-state index in [0.717, 1.165) is 31.0 Å². The standard InChI is InChI=1S/C9H13N5/c1-2-3-10-6-8-12-13-9-7-11-4-5-14(8)9/h4-5,7,10H,2-3,6H2,1H3. The molecule has 74 valence electrons. The van der Waals surface area contributed by atoms with E-state index < -0.39 is 0 Å². The molecule has 0 unspecified atom stereocenters. The number of nitrogens with one attached hydrogen (secondary N) is 1. The Kier molecular flexibility index (Phi) is 2.69. The lowest BCUT2D eigenvalue weighted by Crippen LogP contribution is -2.15. The van der Waals surface area contributed by atoms with Gasteiger partial charge in [-0.05, 0) is 13.0 Å². The third kappa shape index (κ3) is 1.72. The van der Waals surface area contributed by atoms with Crippen molar-refractivity contribution in [2.45, 2.75) is 19.9 Å². The van der Waals surface area contributed by atoms with Crippen molar-refractivity contribution < 1.29 is 0 Å². The van der Waals surface area contributed by atoms with Crippen molar-refractivity contribution in [1.82, 2.24) is 24.9 Å². The van der Waals surface area contributed by atoms with Gasteiger partial charge in [0.1, 0.15) is 0 Å². The molecule has 0 aromatic carbocycles. The van der Waals surface area contributed by atoms with E-state index >= 15 is 0 Å². The van der Waals surface area contributed by atoms with Crippen LogP contribution in [0.2, 0.25) is 0 Å². The van der Waals surface area contributed by atoms with E-state index in [4.69, 9.17) is 0 Å².